The highest BCUT2D eigenvalue weighted by molar-refractivity contribution is 7.10. The molecule has 2 rings (SSSR count). The minimum atomic E-state index is 0.135. The van der Waals surface area contributed by atoms with Crippen molar-refractivity contribution in [3.63, 3.8) is 0 Å². The average Bonchev–Trinajstić information content (AvgIpc) is 2.78. The van der Waals surface area contributed by atoms with Gasteiger partial charge >= 0.3 is 0 Å². The van der Waals surface area contributed by atoms with E-state index in [4.69, 9.17) is 0 Å². The van der Waals surface area contributed by atoms with Crippen molar-refractivity contribution in [1.82, 2.24) is 5.32 Å². The van der Waals surface area contributed by atoms with Crippen molar-refractivity contribution in [3.05, 3.63) is 21.4 Å². The Morgan fingerprint density at radius 1 is 1.50 bits per heavy atom. The Morgan fingerprint density at radius 2 is 2.22 bits per heavy atom. The molecular formula is C15H23NOS. The number of hydrogen-bond acceptors (Lipinski definition) is 2. The number of fused-ring (bicyclic) bond motifs is 1. The molecule has 1 amide bonds. The minimum absolute atomic E-state index is 0.135. The van der Waals surface area contributed by atoms with Crippen LogP contribution in [-0.4, -0.2) is 11.9 Å². The molecule has 1 aromatic rings. The molecule has 0 spiro atoms. The Balaban J connectivity index is 2.12. The van der Waals surface area contributed by atoms with Gasteiger partial charge in [0.2, 0.25) is 0 Å². The Hall–Kier alpha value is -0.830. The van der Waals surface area contributed by atoms with E-state index < -0.39 is 0 Å². The van der Waals surface area contributed by atoms with Crippen molar-refractivity contribution >= 4 is 17.2 Å². The summed E-state index contributed by atoms with van der Waals surface area (Å²) >= 11 is 1.77. The predicted octanol–water partition coefficient (Wildman–Crippen LogP) is 3.79. The maximum absolute atomic E-state index is 12.3. The van der Waals surface area contributed by atoms with Crippen LogP contribution in [0.15, 0.2) is 5.38 Å². The third kappa shape index (κ3) is 2.77. The van der Waals surface area contributed by atoms with E-state index in [2.05, 4.69) is 31.5 Å². The lowest BCUT2D eigenvalue weighted by Crippen LogP contribution is -2.34. The zero-order valence-electron chi connectivity index (χ0n) is 11.6. The summed E-state index contributed by atoms with van der Waals surface area (Å²) in [6.45, 7) is 6.55. The maximum Gasteiger partial charge on any atom is 0.252 e. The number of carbonyl (C=O) groups excluding carboxylic acids is 1. The third-order valence-electron chi connectivity index (χ3n) is 3.97. The summed E-state index contributed by atoms with van der Waals surface area (Å²) in [5.41, 5.74) is 2.26. The van der Waals surface area contributed by atoms with E-state index in [0.717, 1.165) is 37.2 Å². The molecule has 0 radical (unpaired) electrons. The fourth-order valence-corrected chi connectivity index (χ4v) is 3.87. The first-order valence-corrected chi connectivity index (χ1v) is 7.93. The van der Waals surface area contributed by atoms with E-state index in [-0.39, 0.29) is 5.91 Å². The first kappa shape index (κ1) is 13.6. The fourth-order valence-electron chi connectivity index (χ4n) is 2.62. The second kappa shape index (κ2) is 5.87. The second-order valence-corrected chi connectivity index (χ2v) is 6.35. The smallest absolute Gasteiger partial charge is 0.252 e. The van der Waals surface area contributed by atoms with Gasteiger partial charge in [-0.15, -0.1) is 11.3 Å². The minimum Gasteiger partial charge on any atom is -0.349 e. The predicted molar refractivity (Wildman–Crippen MR) is 77.3 cm³/mol. The molecule has 2 nitrogen and oxygen atoms in total. The molecule has 1 atom stereocenters. The van der Waals surface area contributed by atoms with Crippen molar-refractivity contribution in [3.8, 4) is 0 Å². The van der Waals surface area contributed by atoms with Crippen LogP contribution in [0.2, 0.25) is 0 Å². The number of thiophene rings is 1. The van der Waals surface area contributed by atoms with Gasteiger partial charge in [0.05, 0.1) is 5.56 Å². The summed E-state index contributed by atoms with van der Waals surface area (Å²) in [5.74, 6) is 0.904. The molecule has 0 fully saturated rings. The van der Waals surface area contributed by atoms with Crippen molar-refractivity contribution in [2.45, 2.75) is 58.9 Å². The van der Waals surface area contributed by atoms with Gasteiger partial charge in [-0.1, -0.05) is 20.8 Å². The molecule has 1 aliphatic rings. The van der Waals surface area contributed by atoms with Gasteiger partial charge in [0.1, 0.15) is 0 Å². The lowest BCUT2D eigenvalue weighted by molar-refractivity contribution is 0.0934. The molecule has 1 N–H and O–H groups in total. The summed E-state index contributed by atoms with van der Waals surface area (Å²) in [7, 11) is 0. The van der Waals surface area contributed by atoms with E-state index in [1.807, 2.05) is 0 Å². The van der Waals surface area contributed by atoms with E-state index in [0.29, 0.717) is 6.04 Å². The molecule has 100 valence electrons. The summed E-state index contributed by atoms with van der Waals surface area (Å²) in [4.78, 5) is 13.7. The number of rotatable bonds is 4. The average molecular weight is 265 g/mol. The number of amides is 1. The summed E-state index contributed by atoms with van der Waals surface area (Å²) in [5, 5.41) is 5.20. The largest absolute Gasteiger partial charge is 0.349 e. The Bertz CT molecular complexity index is 420. The molecule has 0 aromatic carbocycles. The summed E-state index contributed by atoms with van der Waals surface area (Å²) in [6, 6.07) is 0.315. The lowest BCUT2D eigenvalue weighted by Gasteiger charge is -2.20. The quantitative estimate of drug-likeness (QED) is 0.881. The third-order valence-corrected chi connectivity index (χ3v) is 5.02. The molecule has 0 bridgehead atoms. The maximum atomic E-state index is 12.3. The zero-order chi connectivity index (χ0) is 13.1. The van der Waals surface area contributed by atoms with Gasteiger partial charge in [0, 0.05) is 16.3 Å². The number of nitrogens with one attached hydrogen (secondary N) is 1. The van der Waals surface area contributed by atoms with E-state index in [1.54, 1.807) is 11.3 Å². The normalized spacial score (nSPS) is 18.8. The monoisotopic (exact) mass is 265 g/mol. The van der Waals surface area contributed by atoms with Gasteiger partial charge in [0.15, 0.2) is 0 Å². The Morgan fingerprint density at radius 3 is 2.89 bits per heavy atom. The highest BCUT2D eigenvalue weighted by atomic mass is 32.1. The van der Waals surface area contributed by atoms with Gasteiger partial charge in [0.25, 0.3) is 5.91 Å². The van der Waals surface area contributed by atoms with Gasteiger partial charge in [-0.2, -0.15) is 0 Å². The van der Waals surface area contributed by atoms with Crippen molar-refractivity contribution < 1.29 is 4.79 Å². The molecule has 0 saturated carbocycles. The SMILES string of the molecule is CCC(CC)NC(=O)c1csc2c1CCC(C)C2. The molecule has 0 aliphatic heterocycles. The van der Waals surface area contributed by atoms with Crippen molar-refractivity contribution in [1.29, 1.82) is 0 Å². The zero-order valence-corrected chi connectivity index (χ0v) is 12.4. The lowest BCUT2D eigenvalue weighted by atomic mass is 9.88. The van der Waals surface area contributed by atoms with E-state index in [9.17, 15) is 4.79 Å². The Kier molecular flexibility index (Phi) is 4.44. The van der Waals surface area contributed by atoms with Crippen LogP contribution < -0.4 is 5.32 Å². The first-order chi connectivity index (χ1) is 8.65. The molecule has 0 saturated heterocycles. The molecule has 1 unspecified atom stereocenters. The van der Waals surface area contributed by atoms with Crippen molar-refractivity contribution in [2.75, 3.05) is 0 Å². The first-order valence-electron chi connectivity index (χ1n) is 7.05. The fraction of sp³-hybridized carbons (Fsp3) is 0.667. The number of hydrogen-bond donors (Lipinski definition) is 1. The summed E-state index contributed by atoms with van der Waals surface area (Å²) in [6.07, 6.45) is 5.45. The van der Waals surface area contributed by atoms with Gasteiger partial charge in [-0.25, -0.2) is 0 Å². The Labute approximate surface area is 114 Å². The summed E-state index contributed by atoms with van der Waals surface area (Å²) < 4.78 is 0. The van der Waals surface area contributed by atoms with Crippen LogP contribution in [0.4, 0.5) is 0 Å². The molecule has 1 heterocycles. The van der Waals surface area contributed by atoms with Gasteiger partial charge < -0.3 is 5.32 Å². The van der Waals surface area contributed by atoms with Gasteiger partial charge in [-0.3, -0.25) is 4.79 Å². The van der Waals surface area contributed by atoms with Crippen LogP contribution >= 0.6 is 11.3 Å². The van der Waals surface area contributed by atoms with Crippen LogP contribution in [0.1, 0.15) is 60.8 Å². The highest BCUT2D eigenvalue weighted by Gasteiger charge is 2.23. The molecule has 3 heteroatoms. The molecule has 1 aromatic heterocycles. The standard InChI is InChI=1S/C15H23NOS/c1-4-11(5-2)16-15(17)13-9-18-14-8-10(3)6-7-12(13)14/h9-11H,4-8H2,1-3H3,(H,16,17). The second-order valence-electron chi connectivity index (χ2n) is 5.39. The van der Waals surface area contributed by atoms with E-state index in [1.165, 1.54) is 16.9 Å². The highest BCUT2D eigenvalue weighted by Crippen LogP contribution is 2.32. The topological polar surface area (TPSA) is 29.1 Å². The molecule has 1 aliphatic carbocycles. The van der Waals surface area contributed by atoms with Gasteiger partial charge in [-0.05, 0) is 43.6 Å². The molecular weight excluding hydrogens is 242 g/mol. The van der Waals surface area contributed by atoms with E-state index >= 15 is 0 Å². The van der Waals surface area contributed by atoms with Crippen LogP contribution in [0.3, 0.4) is 0 Å². The van der Waals surface area contributed by atoms with Crippen molar-refractivity contribution in [2.24, 2.45) is 5.92 Å². The van der Waals surface area contributed by atoms with Crippen LogP contribution in [0.25, 0.3) is 0 Å². The van der Waals surface area contributed by atoms with Crippen LogP contribution in [0.5, 0.6) is 0 Å². The molecule has 18 heavy (non-hydrogen) atoms. The van der Waals surface area contributed by atoms with Crippen LogP contribution in [-0.2, 0) is 12.8 Å². The number of carbonyl (C=O) groups is 1. The van der Waals surface area contributed by atoms with Crippen LogP contribution in [0, 0.1) is 5.92 Å².